The highest BCUT2D eigenvalue weighted by Crippen LogP contribution is 2.21. The number of carbonyl (C=O) groups is 1. The number of aromatic nitrogens is 1. The van der Waals surface area contributed by atoms with Gasteiger partial charge in [-0.15, -0.1) is 0 Å². The Labute approximate surface area is 80.4 Å². The van der Waals surface area contributed by atoms with Crippen LogP contribution < -0.4 is 0 Å². The molecular weight excluding hydrogens is 181 g/mol. The number of hydrogen-bond acceptors (Lipinski definition) is 1. The topological polar surface area (TPSA) is 32.9 Å². The lowest BCUT2D eigenvalue weighted by Gasteiger charge is -2.01. The molecule has 1 aromatic heterocycles. The fourth-order valence-corrected chi connectivity index (χ4v) is 1.37. The predicted octanol–water partition coefficient (Wildman–Crippen LogP) is 2.63. The number of halogens is 1. The van der Waals surface area contributed by atoms with E-state index >= 15 is 0 Å². The number of rotatable bonds is 2. The highest BCUT2D eigenvalue weighted by Gasteiger charge is 2.05. The number of aromatic amines is 1. The second-order valence-corrected chi connectivity index (χ2v) is 2.93. The SMILES string of the molecule is O=Cc1cc(F)ccc1-c1ccc[nH]1. The maximum Gasteiger partial charge on any atom is 0.150 e. The van der Waals surface area contributed by atoms with Gasteiger partial charge in [-0.05, 0) is 30.3 Å². The molecule has 3 heteroatoms. The van der Waals surface area contributed by atoms with Gasteiger partial charge < -0.3 is 4.98 Å². The first-order valence-electron chi connectivity index (χ1n) is 4.20. The van der Waals surface area contributed by atoms with Gasteiger partial charge in [0.15, 0.2) is 6.29 Å². The van der Waals surface area contributed by atoms with Crippen molar-refractivity contribution in [2.24, 2.45) is 0 Å². The van der Waals surface area contributed by atoms with Crippen LogP contribution in [0.3, 0.4) is 0 Å². The smallest absolute Gasteiger partial charge is 0.150 e. The van der Waals surface area contributed by atoms with Crippen molar-refractivity contribution in [1.82, 2.24) is 4.98 Å². The van der Waals surface area contributed by atoms with E-state index in [4.69, 9.17) is 0 Å². The van der Waals surface area contributed by atoms with Crippen molar-refractivity contribution in [2.45, 2.75) is 0 Å². The molecule has 1 aromatic carbocycles. The van der Waals surface area contributed by atoms with Gasteiger partial charge in [-0.3, -0.25) is 4.79 Å². The van der Waals surface area contributed by atoms with Gasteiger partial charge in [0.1, 0.15) is 5.82 Å². The molecule has 0 saturated carbocycles. The Kier molecular flexibility index (Phi) is 2.14. The number of H-pyrrole nitrogens is 1. The quantitative estimate of drug-likeness (QED) is 0.724. The Bertz CT molecular complexity index is 448. The van der Waals surface area contributed by atoms with Gasteiger partial charge in [-0.1, -0.05) is 0 Å². The van der Waals surface area contributed by atoms with E-state index in [2.05, 4.69) is 4.98 Å². The van der Waals surface area contributed by atoms with Crippen molar-refractivity contribution in [3.05, 3.63) is 47.9 Å². The summed E-state index contributed by atoms with van der Waals surface area (Å²) in [6.07, 6.45) is 2.41. The summed E-state index contributed by atoms with van der Waals surface area (Å²) < 4.78 is 12.8. The van der Waals surface area contributed by atoms with E-state index in [-0.39, 0.29) is 0 Å². The minimum Gasteiger partial charge on any atom is -0.361 e. The van der Waals surface area contributed by atoms with Crippen LogP contribution in [0.5, 0.6) is 0 Å². The lowest BCUT2D eigenvalue weighted by Crippen LogP contribution is -1.89. The first kappa shape index (κ1) is 8.69. The molecule has 2 rings (SSSR count). The first-order valence-corrected chi connectivity index (χ1v) is 4.20. The lowest BCUT2D eigenvalue weighted by atomic mass is 10.1. The van der Waals surface area contributed by atoms with Gasteiger partial charge in [-0.25, -0.2) is 4.39 Å². The molecule has 0 amide bonds. The fraction of sp³-hybridized carbons (Fsp3) is 0. The minimum absolute atomic E-state index is 0.354. The summed E-state index contributed by atoms with van der Waals surface area (Å²) in [4.78, 5) is 13.7. The maximum atomic E-state index is 12.8. The molecule has 0 radical (unpaired) electrons. The molecule has 0 unspecified atom stereocenters. The molecule has 0 aliphatic heterocycles. The highest BCUT2D eigenvalue weighted by atomic mass is 19.1. The zero-order chi connectivity index (χ0) is 9.97. The monoisotopic (exact) mass is 189 g/mol. The van der Waals surface area contributed by atoms with Crippen molar-refractivity contribution in [3.63, 3.8) is 0 Å². The predicted molar refractivity (Wildman–Crippen MR) is 51.6 cm³/mol. The third-order valence-electron chi connectivity index (χ3n) is 2.03. The molecule has 0 fully saturated rings. The van der Waals surface area contributed by atoms with Crippen LogP contribution in [0.15, 0.2) is 36.5 Å². The van der Waals surface area contributed by atoms with Crippen molar-refractivity contribution >= 4 is 6.29 Å². The van der Waals surface area contributed by atoms with Crippen molar-refractivity contribution in [1.29, 1.82) is 0 Å². The first-order chi connectivity index (χ1) is 6.81. The van der Waals surface area contributed by atoms with Crippen LogP contribution in [-0.4, -0.2) is 11.3 Å². The van der Waals surface area contributed by atoms with Crippen molar-refractivity contribution < 1.29 is 9.18 Å². The molecule has 0 atom stereocenters. The average molecular weight is 189 g/mol. The minimum atomic E-state index is -0.401. The molecular formula is C11H8FNO. The molecule has 2 nitrogen and oxygen atoms in total. The summed E-state index contributed by atoms with van der Waals surface area (Å²) in [5.41, 5.74) is 1.88. The van der Waals surface area contributed by atoms with Gasteiger partial charge in [0.2, 0.25) is 0 Å². The average Bonchev–Trinajstić information content (AvgIpc) is 2.70. The molecule has 2 aromatic rings. The molecule has 14 heavy (non-hydrogen) atoms. The molecule has 0 saturated heterocycles. The normalized spacial score (nSPS) is 10.1. The summed E-state index contributed by atoms with van der Waals surface area (Å²) in [5.74, 6) is -0.401. The Morgan fingerprint density at radius 1 is 1.29 bits per heavy atom. The van der Waals surface area contributed by atoms with Gasteiger partial charge >= 0.3 is 0 Å². The Morgan fingerprint density at radius 2 is 2.14 bits per heavy atom. The van der Waals surface area contributed by atoms with E-state index in [1.54, 1.807) is 12.3 Å². The third-order valence-corrected chi connectivity index (χ3v) is 2.03. The fourth-order valence-electron chi connectivity index (χ4n) is 1.37. The van der Waals surface area contributed by atoms with E-state index in [9.17, 15) is 9.18 Å². The zero-order valence-electron chi connectivity index (χ0n) is 7.33. The molecule has 0 aliphatic carbocycles. The number of carbonyl (C=O) groups excluding carboxylic acids is 1. The number of benzene rings is 1. The van der Waals surface area contributed by atoms with E-state index < -0.39 is 5.82 Å². The van der Waals surface area contributed by atoms with Crippen LogP contribution >= 0.6 is 0 Å². The van der Waals surface area contributed by atoms with E-state index in [0.717, 1.165) is 5.69 Å². The second-order valence-electron chi connectivity index (χ2n) is 2.93. The molecule has 1 N–H and O–H groups in total. The van der Waals surface area contributed by atoms with E-state index in [1.165, 1.54) is 12.1 Å². The van der Waals surface area contributed by atoms with Crippen LogP contribution in [0.25, 0.3) is 11.3 Å². The summed E-state index contributed by atoms with van der Waals surface area (Å²) >= 11 is 0. The molecule has 70 valence electrons. The van der Waals surface area contributed by atoms with Gasteiger partial charge in [0, 0.05) is 23.0 Å². The Hall–Kier alpha value is -1.90. The van der Waals surface area contributed by atoms with Gasteiger partial charge in [0.25, 0.3) is 0 Å². The van der Waals surface area contributed by atoms with Crippen molar-refractivity contribution in [3.8, 4) is 11.3 Å². The summed E-state index contributed by atoms with van der Waals surface area (Å²) in [5, 5.41) is 0. The Morgan fingerprint density at radius 3 is 2.79 bits per heavy atom. The maximum absolute atomic E-state index is 12.8. The molecule has 0 spiro atoms. The van der Waals surface area contributed by atoms with Crippen LogP contribution in [0.4, 0.5) is 4.39 Å². The van der Waals surface area contributed by atoms with Crippen molar-refractivity contribution in [2.75, 3.05) is 0 Å². The number of nitrogens with one attached hydrogen (secondary N) is 1. The largest absolute Gasteiger partial charge is 0.361 e. The summed E-state index contributed by atoms with van der Waals surface area (Å²) in [7, 11) is 0. The second kappa shape index (κ2) is 3.46. The van der Waals surface area contributed by atoms with Crippen LogP contribution in [0.1, 0.15) is 10.4 Å². The van der Waals surface area contributed by atoms with Crippen LogP contribution in [0.2, 0.25) is 0 Å². The lowest BCUT2D eigenvalue weighted by molar-refractivity contribution is 0.112. The van der Waals surface area contributed by atoms with E-state index in [1.807, 2.05) is 12.1 Å². The van der Waals surface area contributed by atoms with Gasteiger partial charge in [-0.2, -0.15) is 0 Å². The molecule has 0 bridgehead atoms. The molecule has 0 aliphatic rings. The number of aldehydes is 1. The standard InChI is InChI=1S/C11H8FNO/c12-9-3-4-10(8(6-9)7-14)11-2-1-5-13-11/h1-7,13H. The van der Waals surface area contributed by atoms with E-state index in [0.29, 0.717) is 17.4 Å². The molecule has 1 heterocycles. The van der Waals surface area contributed by atoms with Gasteiger partial charge in [0.05, 0.1) is 0 Å². The summed E-state index contributed by atoms with van der Waals surface area (Å²) in [6, 6.07) is 7.81. The van der Waals surface area contributed by atoms with Crippen LogP contribution in [0, 0.1) is 5.82 Å². The van der Waals surface area contributed by atoms with Crippen LogP contribution in [-0.2, 0) is 0 Å². The highest BCUT2D eigenvalue weighted by molar-refractivity contribution is 5.86. The third kappa shape index (κ3) is 1.44. The zero-order valence-corrected chi connectivity index (χ0v) is 7.33. The summed E-state index contributed by atoms with van der Waals surface area (Å²) in [6.45, 7) is 0. The number of hydrogen-bond donors (Lipinski definition) is 1. The Balaban J connectivity index is 2.58.